The van der Waals surface area contributed by atoms with Crippen molar-refractivity contribution in [3.05, 3.63) is 48.5 Å². The molecule has 4 saturated heterocycles. The molecule has 2 aromatic rings. The molecule has 0 radical (unpaired) electrons. The molecule has 0 saturated carbocycles. The first-order valence-electron chi connectivity index (χ1n) is 18.2. The van der Waals surface area contributed by atoms with Crippen molar-refractivity contribution in [2.75, 3.05) is 26.4 Å². The molecule has 0 atom stereocenters. The van der Waals surface area contributed by atoms with Gasteiger partial charge in [-0.3, -0.25) is 0 Å². The van der Waals surface area contributed by atoms with Crippen LogP contribution in [0.15, 0.2) is 48.5 Å². The fourth-order valence-corrected chi connectivity index (χ4v) is 5.78. The first-order chi connectivity index (χ1) is 24.2. The standard InChI is InChI=1S/C12H8B2O4.C12H24B2O4.C10H20B2O4/c1-2-6-10-9(5-1)15-13(16-10)14-17-11-7-3-4-8-12(11)18-14;1-9(2)10(3,4)16-13(15-9)14-17-11(5,6)12(7,8)18-14;1-9(2)5-13-11(14-6-9)12-15-7-10(3,4)8-16-12/h1-8H;1-8H3;5-8H2,1-4H3. The van der Waals surface area contributed by atoms with Crippen molar-refractivity contribution in [2.24, 2.45) is 10.8 Å². The zero-order valence-electron chi connectivity index (χ0n) is 32.8. The predicted molar refractivity (Wildman–Crippen MR) is 202 cm³/mol. The molecule has 18 heteroatoms. The SMILES string of the molecule is CC1(C)COB(B2OCC(C)(C)CO2)OC1.CC1(C)OB(B2OC(C)(C)C(C)(C)O2)OC1(C)C.c1ccc2c(c1)OB(B1Oc3ccccc3O1)O2. The maximum atomic E-state index is 5.96. The van der Waals surface area contributed by atoms with E-state index in [0.29, 0.717) is 49.4 Å². The van der Waals surface area contributed by atoms with E-state index < -0.39 is 28.0 Å². The second kappa shape index (κ2) is 14.4. The van der Waals surface area contributed by atoms with Gasteiger partial charge in [-0.15, -0.1) is 0 Å². The highest BCUT2D eigenvalue weighted by Gasteiger charge is 2.64. The van der Waals surface area contributed by atoms with Crippen LogP contribution in [0, 0.1) is 10.8 Å². The Labute approximate surface area is 311 Å². The zero-order chi connectivity index (χ0) is 37.7. The monoisotopic (exact) mass is 718 g/mol. The summed E-state index contributed by atoms with van der Waals surface area (Å²) in [5, 5.41) is 0. The van der Waals surface area contributed by atoms with Gasteiger partial charge in [0.25, 0.3) is 0 Å². The summed E-state index contributed by atoms with van der Waals surface area (Å²) < 4.78 is 69.0. The van der Waals surface area contributed by atoms with E-state index in [4.69, 9.17) is 55.9 Å². The van der Waals surface area contributed by atoms with Crippen LogP contribution < -0.4 is 18.6 Å². The Bertz CT molecular complexity index is 1340. The van der Waals surface area contributed by atoms with Crippen LogP contribution in [0.25, 0.3) is 0 Å². The first-order valence-corrected chi connectivity index (χ1v) is 18.2. The van der Waals surface area contributed by atoms with Crippen LogP contribution in [0.1, 0.15) is 83.1 Å². The number of rotatable bonds is 3. The van der Waals surface area contributed by atoms with Gasteiger partial charge in [0.05, 0.1) is 22.4 Å². The lowest BCUT2D eigenvalue weighted by atomic mass is 9.47. The molecule has 52 heavy (non-hydrogen) atoms. The number of para-hydroxylation sites is 4. The van der Waals surface area contributed by atoms with Crippen LogP contribution in [0.2, 0.25) is 0 Å². The highest BCUT2D eigenvalue weighted by molar-refractivity contribution is 7.12. The largest absolute Gasteiger partial charge is 0.658 e. The number of hydrogen-bond acceptors (Lipinski definition) is 12. The summed E-state index contributed by atoms with van der Waals surface area (Å²) in [6, 6.07) is 15.0. The summed E-state index contributed by atoms with van der Waals surface area (Å²) >= 11 is 0. The van der Waals surface area contributed by atoms with Gasteiger partial charge in [0.15, 0.2) is 0 Å². The Morgan fingerprint density at radius 1 is 0.346 bits per heavy atom. The van der Waals surface area contributed by atoms with Crippen molar-refractivity contribution in [1.82, 2.24) is 0 Å². The molecule has 8 rings (SSSR count). The lowest BCUT2D eigenvalue weighted by Gasteiger charge is -2.38. The quantitative estimate of drug-likeness (QED) is 0.378. The van der Waals surface area contributed by atoms with Gasteiger partial charge < -0.3 is 55.9 Å². The molecule has 6 aliphatic heterocycles. The van der Waals surface area contributed by atoms with Gasteiger partial charge in [-0.1, -0.05) is 52.0 Å². The molecule has 0 amide bonds. The van der Waals surface area contributed by atoms with Crippen molar-refractivity contribution in [2.45, 2.75) is 105 Å². The van der Waals surface area contributed by atoms with Crippen LogP contribution in [-0.4, -0.2) is 90.9 Å². The summed E-state index contributed by atoms with van der Waals surface area (Å²) in [5.41, 5.74) is -1.26. The van der Waals surface area contributed by atoms with Gasteiger partial charge in [0.1, 0.15) is 23.0 Å². The average Bonchev–Trinajstić information content (AvgIpc) is 3.79. The zero-order valence-corrected chi connectivity index (χ0v) is 32.8. The Hall–Kier alpha value is -2.29. The van der Waals surface area contributed by atoms with Gasteiger partial charge in [-0.25, -0.2) is 0 Å². The van der Waals surface area contributed by atoms with Crippen LogP contribution in [0.3, 0.4) is 0 Å². The summed E-state index contributed by atoms with van der Waals surface area (Å²) in [4.78, 5) is 0. The van der Waals surface area contributed by atoms with E-state index in [1.165, 1.54) is 0 Å². The molecule has 6 heterocycles. The average molecular weight is 718 g/mol. The minimum Gasteiger partial charge on any atom is -0.524 e. The van der Waals surface area contributed by atoms with Crippen molar-refractivity contribution in [3.63, 3.8) is 0 Å². The lowest BCUT2D eigenvalue weighted by molar-refractivity contribution is 0.00578. The predicted octanol–water partition coefficient (Wildman–Crippen LogP) is 5.42. The van der Waals surface area contributed by atoms with Crippen molar-refractivity contribution in [1.29, 1.82) is 0 Å². The molecule has 0 aliphatic carbocycles. The summed E-state index contributed by atoms with van der Waals surface area (Å²) in [6.45, 7) is 27.4. The molecular weight excluding hydrogens is 665 g/mol. The van der Waals surface area contributed by atoms with Gasteiger partial charge >= 0.3 is 42.1 Å². The molecular formula is C34H52B6O12. The maximum absolute atomic E-state index is 5.96. The fourth-order valence-electron chi connectivity index (χ4n) is 5.78. The molecule has 6 aliphatic rings. The fraction of sp³-hybridized carbons (Fsp3) is 0.647. The minimum atomic E-state index is -0.574. The van der Waals surface area contributed by atoms with Gasteiger partial charge in [0, 0.05) is 37.3 Å². The highest BCUT2D eigenvalue weighted by atomic mass is 16.7. The highest BCUT2D eigenvalue weighted by Crippen LogP contribution is 2.43. The minimum absolute atomic E-state index is 0.0877. The van der Waals surface area contributed by atoms with Crippen LogP contribution in [-0.2, 0) is 37.2 Å². The molecule has 0 N–H and O–H groups in total. The summed E-state index contributed by atoms with van der Waals surface area (Å²) in [5.74, 6) is 2.85. The molecule has 278 valence electrons. The second-order valence-corrected chi connectivity index (χ2v) is 17.7. The van der Waals surface area contributed by atoms with E-state index in [2.05, 4.69) is 27.7 Å². The van der Waals surface area contributed by atoms with Crippen molar-refractivity contribution < 1.29 is 55.9 Å². The Balaban J connectivity index is 0.000000134. The third-order valence-corrected chi connectivity index (χ3v) is 10.4. The van der Waals surface area contributed by atoms with Crippen LogP contribution in [0.5, 0.6) is 23.0 Å². The van der Waals surface area contributed by atoms with Crippen molar-refractivity contribution >= 4 is 42.1 Å². The maximum Gasteiger partial charge on any atom is 0.658 e. The van der Waals surface area contributed by atoms with Crippen molar-refractivity contribution in [3.8, 4) is 23.0 Å². The van der Waals surface area contributed by atoms with E-state index in [-0.39, 0.29) is 47.3 Å². The Morgan fingerprint density at radius 2 is 0.577 bits per heavy atom. The molecule has 0 aromatic heterocycles. The molecule has 0 unspecified atom stereocenters. The van der Waals surface area contributed by atoms with Gasteiger partial charge in [-0.2, -0.15) is 0 Å². The summed E-state index contributed by atoms with van der Waals surface area (Å²) in [7, 11) is -2.84. The normalized spacial score (nSPS) is 25.3. The molecule has 12 nitrogen and oxygen atoms in total. The van der Waals surface area contributed by atoms with Gasteiger partial charge in [0.2, 0.25) is 0 Å². The number of fused-ring (bicyclic) bond motifs is 2. The Kier molecular flexibility index (Phi) is 10.9. The second-order valence-electron chi connectivity index (χ2n) is 17.7. The van der Waals surface area contributed by atoms with E-state index in [9.17, 15) is 0 Å². The van der Waals surface area contributed by atoms with E-state index in [1.54, 1.807) is 0 Å². The topological polar surface area (TPSA) is 111 Å². The third kappa shape index (κ3) is 8.65. The summed E-state index contributed by atoms with van der Waals surface area (Å²) in [6.07, 6.45) is 0. The molecule has 0 bridgehead atoms. The first kappa shape index (κ1) is 39.4. The Morgan fingerprint density at radius 3 is 0.808 bits per heavy atom. The molecule has 2 aromatic carbocycles. The van der Waals surface area contributed by atoms with E-state index in [0.717, 1.165) is 0 Å². The molecule has 0 spiro atoms. The van der Waals surface area contributed by atoms with E-state index >= 15 is 0 Å². The lowest BCUT2D eigenvalue weighted by Crippen LogP contribution is -2.56. The number of hydrogen-bond donors (Lipinski definition) is 0. The van der Waals surface area contributed by atoms with Crippen LogP contribution >= 0.6 is 0 Å². The number of benzene rings is 2. The van der Waals surface area contributed by atoms with Gasteiger partial charge in [-0.05, 0) is 79.7 Å². The third-order valence-electron chi connectivity index (χ3n) is 10.4. The van der Waals surface area contributed by atoms with E-state index in [1.807, 2.05) is 104 Å². The smallest absolute Gasteiger partial charge is 0.524 e. The van der Waals surface area contributed by atoms with Crippen LogP contribution in [0.4, 0.5) is 0 Å². The molecule has 4 fully saturated rings.